The van der Waals surface area contributed by atoms with E-state index in [0.717, 1.165) is 16.1 Å². The molecule has 0 atom stereocenters. The third-order valence-corrected chi connectivity index (χ3v) is 0.944. The number of hydrogen-bond donors (Lipinski definition) is 0. The molecular weight excluding hydrogens is 227 g/mol. The summed E-state index contributed by atoms with van der Waals surface area (Å²) in [4.78, 5) is 8.21. The molecule has 0 N–H and O–H groups in total. The molecule has 0 saturated carbocycles. The second-order valence-corrected chi connectivity index (χ2v) is 3.19. The molecule has 0 aromatic heterocycles. The zero-order valence-electron chi connectivity index (χ0n) is 5.98. The van der Waals surface area contributed by atoms with Crippen LogP contribution in [0.5, 0.6) is 0 Å². The van der Waals surface area contributed by atoms with Gasteiger partial charge in [-0.05, 0) is 43.4 Å². The van der Waals surface area contributed by atoms with Crippen LogP contribution in [0.2, 0.25) is 0 Å². The van der Waals surface area contributed by atoms with Crippen LogP contribution in [0.15, 0.2) is 9.98 Å². The molecule has 0 spiro atoms. The van der Waals surface area contributed by atoms with Crippen LogP contribution in [0.4, 0.5) is 0 Å². The topological polar surface area (TPSA) is 24.7 Å². The first-order valence-electron chi connectivity index (χ1n) is 2.88. The van der Waals surface area contributed by atoms with Crippen LogP contribution in [0.3, 0.4) is 0 Å². The molecule has 0 rings (SSSR count). The molecule has 0 aliphatic heterocycles. The maximum atomic E-state index is 4.12. The predicted octanol–water partition coefficient (Wildman–Crippen LogP) is 2.28. The van der Waals surface area contributed by atoms with Crippen LogP contribution in [0.25, 0.3) is 0 Å². The van der Waals surface area contributed by atoms with E-state index < -0.39 is 0 Å². The Bertz CT molecular complexity index is 134. The van der Waals surface area contributed by atoms with Gasteiger partial charge in [0.25, 0.3) is 0 Å². The highest BCUT2D eigenvalue weighted by molar-refractivity contribution is 14.1. The minimum atomic E-state index is 0.819. The standard InChI is InChI=1S/C6H11IN2/c1-4-8-6(3)9-5(2)7/h4H2,1-3H3. The van der Waals surface area contributed by atoms with Gasteiger partial charge in [-0.1, -0.05) is 0 Å². The summed E-state index contributed by atoms with van der Waals surface area (Å²) in [5.41, 5.74) is 0. The van der Waals surface area contributed by atoms with Crippen molar-refractivity contribution >= 4 is 32.1 Å². The largest absolute Gasteiger partial charge is 0.271 e. The van der Waals surface area contributed by atoms with Gasteiger partial charge < -0.3 is 0 Å². The van der Waals surface area contributed by atoms with E-state index in [1.54, 1.807) is 0 Å². The zero-order valence-corrected chi connectivity index (χ0v) is 8.14. The van der Waals surface area contributed by atoms with Gasteiger partial charge in [0.15, 0.2) is 0 Å². The molecule has 0 fully saturated rings. The zero-order chi connectivity index (χ0) is 7.28. The van der Waals surface area contributed by atoms with Crippen molar-refractivity contribution in [2.24, 2.45) is 9.98 Å². The summed E-state index contributed by atoms with van der Waals surface area (Å²) in [5, 5.41) is 0. The Kier molecular flexibility index (Phi) is 4.94. The third kappa shape index (κ3) is 5.95. The Morgan fingerprint density at radius 1 is 1.44 bits per heavy atom. The van der Waals surface area contributed by atoms with E-state index >= 15 is 0 Å². The van der Waals surface area contributed by atoms with Crippen LogP contribution < -0.4 is 0 Å². The van der Waals surface area contributed by atoms with Gasteiger partial charge in [0.05, 0.1) is 3.72 Å². The van der Waals surface area contributed by atoms with Crippen LogP contribution in [0, 0.1) is 0 Å². The molecular formula is C6H11IN2. The van der Waals surface area contributed by atoms with Gasteiger partial charge >= 0.3 is 0 Å². The van der Waals surface area contributed by atoms with Crippen molar-refractivity contribution in [2.45, 2.75) is 20.8 Å². The molecule has 0 heterocycles. The normalized spacial score (nSPS) is 14.2. The highest BCUT2D eigenvalue weighted by Crippen LogP contribution is 1.90. The first-order valence-corrected chi connectivity index (χ1v) is 3.96. The SMILES string of the molecule is CCN=C(C)N=C(C)I. The van der Waals surface area contributed by atoms with Crippen molar-refractivity contribution in [3.8, 4) is 0 Å². The second kappa shape index (κ2) is 4.90. The van der Waals surface area contributed by atoms with Crippen molar-refractivity contribution in [1.29, 1.82) is 0 Å². The third-order valence-electron chi connectivity index (χ3n) is 0.703. The summed E-state index contributed by atoms with van der Waals surface area (Å²) in [6.07, 6.45) is 0. The van der Waals surface area contributed by atoms with Crippen LogP contribution in [0.1, 0.15) is 20.8 Å². The van der Waals surface area contributed by atoms with Crippen LogP contribution in [-0.4, -0.2) is 16.1 Å². The Balaban J connectivity index is 3.90. The van der Waals surface area contributed by atoms with E-state index in [4.69, 9.17) is 0 Å². The number of rotatable bonds is 1. The lowest BCUT2D eigenvalue weighted by molar-refractivity contribution is 1.12. The summed E-state index contributed by atoms with van der Waals surface area (Å²) in [6, 6.07) is 0. The molecule has 2 nitrogen and oxygen atoms in total. The monoisotopic (exact) mass is 238 g/mol. The highest BCUT2D eigenvalue weighted by Gasteiger charge is 1.83. The number of amidine groups is 1. The minimum Gasteiger partial charge on any atom is -0.271 e. The van der Waals surface area contributed by atoms with Gasteiger partial charge in [0.1, 0.15) is 5.84 Å². The van der Waals surface area contributed by atoms with Crippen molar-refractivity contribution in [3.63, 3.8) is 0 Å². The Hall–Kier alpha value is 0.0700. The molecule has 52 valence electrons. The van der Waals surface area contributed by atoms with Crippen molar-refractivity contribution in [2.75, 3.05) is 6.54 Å². The minimum absolute atomic E-state index is 0.819. The molecule has 0 aromatic rings. The van der Waals surface area contributed by atoms with Crippen LogP contribution in [-0.2, 0) is 0 Å². The van der Waals surface area contributed by atoms with Crippen molar-refractivity contribution in [3.05, 3.63) is 0 Å². The predicted molar refractivity (Wildman–Crippen MR) is 50.8 cm³/mol. The summed E-state index contributed by atoms with van der Waals surface area (Å²) in [7, 11) is 0. The average molecular weight is 238 g/mol. The van der Waals surface area contributed by atoms with E-state index in [9.17, 15) is 0 Å². The Morgan fingerprint density at radius 3 is 2.33 bits per heavy atom. The number of nitrogens with zero attached hydrogens (tertiary/aromatic N) is 2. The van der Waals surface area contributed by atoms with Gasteiger partial charge in [-0.3, -0.25) is 4.99 Å². The van der Waals surface area contributed by atoms with Gasteiger partial charge in [-0.25, -0.2) is 4.99 Å². The fourth-order valence-corrected chi connectivity index (χ4v) is 0.836. The molecule has 9 heavy (non-hydrogen) atoms. The van der Waals surface area contributed by atoms with E-state index in [0.29, 0.717) is 0 Å². The van der Waals surface area contributed by atoms with Gasteiger partial charge in [-0.2, -0.15) is 0 Å². The molecule has 3 heteroatoms. The molecule has 0 amide bonds. The van der Waals surface area contributed by atoms with E-state index in [-0.39, 0.29) is 0 Å². The number of halogens is 1. The lowest BCUT2D eigenvalue weighted by Gasteiger charge is -1.89. The Labute approximate surface area is 69.6 Å². The average Bonchev–Trinajstić information content (AvgIpc) is 1.63. The Morgan fingerprint density at radius 2 is 2.00 bits per heavy atom. The van der Waals surface area contributed by atoms with E-state index in [1.165, 1.54) is 0 Å². The maximum Gasteiger partial charge on any atom is 0.120 e. The molecule has 0 unspecified atom stereocenters. The molecule has 0 bridgehead atoms. The molecule has 0 aliphatic carbocycles. The van der Waals surface area contributed by atoms with Gasteiger partial charge in [0.2, 0.25) is 0 Å². The van der Waals surface area contributed by atoms with E-state index in [1.807, 2.05) is 20.8 Å². The molecule has 0 aromatic carbocycles. The first kappa shape index (κ1) is 9.07. The lowest BCUT2D eigenvalue weighted by atomic mass is 10.6. The smallest absolute Gasteiger partial charge is 0.120 e. The lowest BCUT2D eigenvalue weighted by Crippen LogP contribution is -1.89. The molecule has 0 aliphatic rings. The summed E-state index contributed by atoms with van der Waals surface area (Å²) < 4.78 is 1.03. The van der Waals surface area contributed by atoms with Crippen molar-refractivity contribution < 1.29 is 0 Å². The first-order chi connectivity index (χ1) is 4.16. The second-order valence-electron chi connectivity index (χ2n) is 1.63. The number of hydrogen-bond acceptors (Lipinski definition) is 1. The fraction of sp³-hybridized carbons (Fsp3) is 0.667. The van der Waals surface area contributed by atoms with Crippen LogP contribution >= 0.6 is 22.6 Å². The van der Waals surface area contributed by atoms with Gasteiger partial charge in [0, 0.05) is 6.54 Å². The van der Waals surface area contributed by atoms with Crippen molar-refractivity contribution in [1.82, 2.24) is 0 Å². The number of aliphatic imine (C=N–C) groups is 2. The molecule has 0 saturated heterocycles. The highest BCUT2D eigenvalue weighted by atomic mass is 127. The summed E-state index contributed by atoms with van der Waals surface area (Å²) in [6.45, 7) is 6.68. The summed E-state index contributed by atoms with van der Waals surface area (Å²) in [5.74, 6) is 0.865. The summed E-state index contributed by atoms with van der Waals surface area (Å²) >= 11 is 2.17. The molecule has 0 radical (unpaired) electrons. The van der Waals surface area contributed by atoms with Gasteiger partial charge in [-0.15, -0.1) is 0 Å². The quantitative estimate of drug-likeness (QED) is 0.380. The van der Waals surface area contributed by atoms with E-state index in [2.05, 4.69) is 32.6 Å². The maximum absolute atomic E-state index is 4.12. The fourth-order valence-electron chi connectivity index (χ4n) is 0.487.